The van der Waals surface area contributed by atoms with E-state index in [0.29, 0.717) is 0 Å². The maximum atomic E-state index is 5.99. The van der Waals surface area contributed by atoms with E-state index >= 15 is 0 Å². The quantitative estimate of drug-likeness (QED) is 0.667. The molecule has 0 radical (unpaired) electrons. The Morgan fingerprint density at radius 1 is 0.640 bits per heavy atom. The molecule has 2 aliphatic rings. The molecule has 0 unspecified atom stereocenters. The smallest absolute Gasteiger partial charge is 0.127 e. The van der Waals surface area contributed by atoms with Gasteiger partial charge in [-0.2, -0.15) is 0 Å². The molecule has 1 heterocycles. The van der Waals surface area contributed by atoms with Gasteiger partial charge in [0.05, 0.1) is 0 Å². The van der Waals surface area contributed by atoms with Crippen LogP contribution in [0.25, 0.3) is 0 Å². The molecule has 0 spiro atoms. The van der Waals surface area contributed by atoms with Gasteiger partial charge in [0, 0.05) is 5.54 Å². The molecule has 1 saturated heterocycles. The predicted molar refractivity (Wildman–Crippen MR) is 103 cm³/mol. The number of piperidine rings is 1. The lowest BCUT2D eigenvalue weighted by atomic mass is 9.74. The number of likely N-dealkylation sites (tertiary alicyclic amines) is 1. The van der Waals surface area contributed by atoms with Gasteiger partial charge in [-0.3, -0.25) is 4.90 Å². The van der Waals surface area contributed by atoms with Crippen LogP contribution in [0.15, 0.2) is 54.6 Å². The largest absolute Gasteiger partial charge is 0.457 e. The Bertz CT molecular complexity index is 652. The van der Waals surface area contributed by atoms with Crippen LogP contribution in [0.4, 0.5) is 0 Å². The van der Waals surface area contributed by atoms with E-state index in [2.05, 4.69) is 29.2 Å². The summed E-state index contributed by atoms with van der Waals surface area (Å²) in [5, 5.41) is 0. The average Bonchev–Trinajstić information content (AvgIpc) is 2.70. The molecule has 1 aliphatic carbocycles. The molecule has 25 heavy (non-hydrogen) atoms. The van der Waals surface area contributed by atoms with Crippen molar-refractivity contribution in [3.05, 3.63) is 60.2 Å². The van der Waals surface area contributed by atoms with Crippen LogP contribution in [-0.2, 0) is 5.54 Å². The van der Waals surface area contributed by atoms with Crippen LogP contribution in [-0.4, -0.2) is 18.0 Å². The summed E-state index contributed by atoms with van der Waals surface area (Å²) in [6.45, 7) is 2.53. The maximum absolute atomic E-state index is 5.99. The highest BCUT2D eigenvalue weighted by molar-refractivity contribution is 5.36. The van der Waals surface area contributed by atoms with Crippen molar-refractivity contribution in [2.45, 2.75) is 56.9 Å². The van der Waals surface area contributed by atoms with E-state index in [4.69, 9.17) is 4.74 Å². The predicted octanol–water partition coefficient (Wildman–Crippen LogP) is 6.12. The fraction of sp³-hybridized carbons (Fsp3) is 0.478. The van der Waals surface area contributed by atoms with Gasteiger partial charge >= 0.3 is 0 Å². The molecular formula is C23H29NO. The van der Waals surface area contributed by atoms with Crippen LogP contribution in [0.1, 0.15) is 56.9 Å². The fourth-order valence-corrected chi connectivity index (χ4v) is 4.70. The highest BCUT2D eigenvalue weighted by Crippen LogP contribution is 2.44. The molecule has 2 heteroatoms. The van der Waals surface area contributed by atoms with Crippen molar-refractivity contribution < 1.29 is 4.74 Å². The minimum atomic E-state index is 0.268. The van der Waals surface area contributed by atoms with Crippen molar-refractivity contribution in [2.24, 2.45) is 0 Å². The molecule has 0 amide bonds. The van der Waals surface area contributed by atoms with Crippen molar-refractivity contribution in [3.8, 4) is 11.5 Å². The lowest BCUT2D eigenvalue weighted by molar-refractivity contribution is 0.0303. The molecule has 2 fully saturated rings. The second-order valence-electron chi connectivity index (χ2n) is 7.58. The highest BCUT2D eigenvalue weighted by Gasteiger charge is 2.39. The molecule has 0 aromatic heterocycles. The van der Waals surface area contributed by atoms with E-state index in [-0.39, 0.29) is 5.54 Å². The van der Waals surface area contributed by atoms with Crippen molar-refractivity contribution in [3.63, 3.8) is 0 Å². The maximum Gasteiger partial charge on any atom is 0.127 e. The van der Waals surface area contributed by atoms with Crippen molar-refractivity contribution >= 4 is 0 Å². The average molecular weight is 335 g/mol. The fourth-order valence-electron chi connectivity index (χ4n) is 4.70. The Labute approximate surface area is 151 Å². The lowest BCUT2D eigenvalue weighted by Crippen LogP contribution is -2.49. The van der Waals surface area contributed by atoms with Crippen LogP contribution in [0.3, 0.4) is 0 Å². The van der Waals surface area contributed by atoms with Gasteiger partial charge in [0.2, 0.25) is 0 Å². The number of rotatable bonds is 4. The summed E-state index contributed by atoms with van der Waals surface area (Å²) >= 11 is 0. The number of ether oxygens (including phenoxy) is 1. The summed E-state index contributed by atoms with van der Waals surface area (Å²) < 4.78 is 5.99. The molecule has 132 valence electrons. The third kappa shape index (κ3) is 3.59. The van der Waals surface area contributed by atoms with E-state index in [9.17, 15) is 0 Å². The lowest BCUT2D eigenvalue weighted by Gasteiger charge is -2.48. The van der Waals surface area contributed by atoms with Gasteiger partial charge in [0.25, 0.3) is 0 Å². The zero-order valence-electron chi connectivity index (χ0n) is 15.1. The Morgan fingerprint density at radius 2 is 1.24 bits per heavy atom. The molecule has 2 aromatic rings. The number of hydrogen-bond donors (Lipinski definition) is 0. The minimum absolute atomic E-state index is 0.268. The summed E-state index contributed by atoms with van der Waals surface area (Å²) in [6, 6.07) is 19.0. The second-order valence-corrected chi connectivity index (χ2v) is 7.58. The van der Waals surface area contributed by atoms with E-state index in [1.54, 1.807) is 0 Å². The van der Waals surface area contributed by atoms with Crippen LogP contribution in [0, 0.1) is 0 Å². The molecule has 0 N–H and O–H groups in total. The Kier molecular flexibility index (Phi) is 5.07. The zero-order chi connectivity index (χ0) is 17.0. The number of para-hydroxylation sites is 1. The Morgan fingerprint density at radius 3 is 1.92 bits per heavy atom. The zero-order valence-corrected chi connectivity index (χ0v) is 15.1. The molecule has 1 aliphatic heterocycles. The highest BCUT2D eigenvalue weighted by atomic mass is 16.5. The first-order valence-electron chi connectivity index (χ1n) is 9.95. The third-order valence-electron chi connectivity index (χ3n) is 6.01. The summed E-state index contributed by atoms with van der Waals surface area (Å²) in [6.07, 6.45) is 10.9. The van der Waals surface area contributed by atoms with E-state index in [1.807, 2.05) is 30.3 Å². The third-order valence-corrected chi connectivity index (χ3v) is 6.01. The molecular weight excluding hydrogens is 306 g/mol. The topological polar surface area (TPSA) is 12.5 Å². The minimum Gasteiger partial charge on any atom is -0.457 e. The van der Waals surface area contributed by atoms with Gasteiger partial charge in [-0.1, -0.05) is 56.0 Å². The van der Waals surface area contributed by atoms with Gasteiger partial charge in [0.1, 0.15) is 11.5 Å². The van der Waals surface area contributed by atoms with Gasteiger partial charge in [0.15, 0.2) is 0 Å². The summed E-state index contributed by atoms with van der Waals surface area (Å²) in [5.74, 6) is 1.83. The van der Waals surface area contributed by atoms with Crippen LogP contribution in [0.2, 0.25) is 0 Å². The van der Waals surface area contributed by atoms with E-state index in [0.717, 1.165) is 11.5 Å². The Balaban J connectivity index is 1.57. The van der Waals surface area contributed by atoms with Gasteiger partial charge in [-0.15, -0.1) is 0 Å². The molecule has 4 rings (SSSR count). The normalized spacial score (nSPS) is 21.0. The van der Waals surface area contributed by atoms with Crippen molar-refractivity contribution in [1.82, 2.24) is 4.90 Å². The molecule has 0 bridgehead atoms. The molecule has 1 saturated carbocycles. The van der Waals surface area contributed by atoms with E-state index < -0.39 is 0 Å². The molecule has 2 aromatic carbocycles. The number of benzene rings is 2. The van der Waals surface area contributed by atoms with E-state index in [1.165, 1.54) is 70.0 Å². The Hall–Kier alpha value is -1.80. The van der Waals surface area contributed by atoms with Crippen molar-refractivity contribution in [1.29, 1.82) is 0 Å². The standard InChI is InChI=1S/C23H29NO/c1-4-10-21(11-5-1)25-22-14-12-20(13-15-22)23(16-6-2-7-17-23)24-18-8-3-9-19-24/h1,4-5,10-15H,2-3,6-9,16-19H2. The second kappa shape index (κ2) is 7.61. The first kappa shape index (κ1) is 16.7. The summed E-state index contributed by atoms with van der Waals surface area (Å²) in [5.41, 5.74) is 1.76. The van der Waals surface area contributed by atoms with Gasteiger partial charge in [-0.05, 0) is 68.6 Å². The SMILES string of the molecule is c1ccc(Oc2ccc(C3(N4CCCCC4)CCCCC3)cc2)cc1. The van der Waals surface area contributed by atoms with Gasteiger partial charge in [-0.25, -0.2) is 0 Å². The summed E-state index contributed by atoms with van der Waals surface area (Å²) in [4.78, 5) is 2.79. The van der Waals surface area contributed by atoms with Crippen molar-refractivity contribution in [2.75, 3.05) is 13.1 Å². The molecule has 0 atom stereocenters. The van der Waals surface area contributed by atoms with Crippen LogP contribution >= 0.6 is 0 Å². The number of hydrogen-bond acceptors (Lipinski definition) is 2. The first-order chi connectivity index (χ1) is 12.4. The molecule has 2 nitrogen and oxygen atoms in total. The first-order valence-corrected chi connectivity index (χ1v) is 9.95. The van der Waals surface area contributed by atoms with Crippen LogP contribution < -0.4 is 4.74 Å². The van der Waals surface area contributed by atoms with Gasteiger partial charge < -0.3 is 4.74 Å². The monoisotopic (exact) mass is 335 g/mol. The summed E-state index contributed by atoms with van der Waals surface area (Å²) in [7, 11) is 0. The van der Waals surface area contributed by atoms with Crippen LogP contribution in [0.5, 0.6) is 11.5 Å². The number of nitrogens with zero attached hydrogens (tertiary/aromatic N) is 1.